The van der Waals surface area contributed by atoms with Gasteiger partial charge < -0.3 is 10.5 Å². The molecule has 0 aliphatic rings. The minimum atomic E-state index is -0.00457. The molecule has 2 N–H and O–H groups in total. The van der Waals surface area contributed by atoms with Gasteiger partial charge in [-0.25, -0.2) is 9.67 Å². The summed E-state index contributed by atoms with van der Waals surface area (Å²) in [6, 6.07) is -0.00457. The molecule has 0 aliphatic heterocycles. The first kappa shape index (κ1) is 13.1. The predicted octanol–water partition coefficient (Wildman–Crippen LogP) is 0.840. The zero-order valence-electron chi connectivity index (χ0n) is 10.4. The molecule has 0 saturated heterocycles. The van der Waals surface area contributed by atoms with Crippen LogP contribution in [0, 0.1) is 5.92 Å². The first-order valence-electron chi connectivity index (χ1n) is 5.83. The highest BCUT2D eigenvalue weighted by Crippen LogP contribution is 2.03. The summed E-state index contributed by atoms with van der Waals surface area (Å²) >= 11 is 0. The highest BCUT2D eigenvalue weighted by Gasteiger charge is 2.10. The van der Waals surface area contributed by atoms with Gasteiger partial charge >= 0.3 is 0 Å². The van der Waals surface area contributed by atoms with E-state index < -0.39 is 0 Å². The van der Waals surface area contributed by atoms with Crippen molar-refractivity contribution in [2.75, 3.05) is 13.2 Å². The fourth-order valence-electron chi connectivity index (χ4n) is 1.51. The average Bonchev–Trinajstić information content (AvgIpc) is 2.62. The highest BCUT2D eigenvalue weighted by molar-refractivity contribution is 4.89. The summed E-state index contributed by atoms with van der Waals surface area (Å²) in [5.74, 6) is 1.50. The van der Waals surface area contributed by atoms with Gasteiger partial charge in [-0.1, -0.05) is 13.8 Å². The quantitative estimate of drug-likeness (QED) is 0.748. The van der Waals surface area contributed by atoms with Crippen molar-refractivity contribution >= 4 is 0 Å². The van der Waals surface area contributed by atoms with Crippen LogP contribution in [0.25, 0.3) is 0 Å². The molecule has 1 aromatic rings. The fourth-order valence-corrected chi connectivity index (χ4v) is 1.51. The van der Waals surface area contributed by atoms with Crippen molar-refractivity contribution in [2.45, 2.75) is 39.8 Å². The van der Waals surface area contributed by atoms with E-state index in [0.717, 1.165) is 12.4 Å². The number of ether oxygens (including phenoxy) is 1. The second-order valence-electron chi connectivity index (χ2n) is 4.38. The Bertz CT molecular complexity index is 298. The lowest BCUT2D eigenvalue weighted by Gasteiger charge is -2.12. The Morgan fingerprint density at radius 3 is 2.88 bits per heavy atom. The van der Waals surface area contributed by atoms with Gasteiger partial charge in [-0.05, 0) is 12.8 Å². The van der Waals surface area contributed by atoms with E-state index in [2.05, 4.69) is 23.9 Å². The average molecular weight is 226 g/mol. The molecular weight excluding hydrogens is 204 g/mol. The topological polar surface area (TPSA) is 66.0 Å². The Morgan fingerprint density at radius 2 is 2.25 bits per heavy atom. The van der Waals surface area contributed by atoms with Crippen LogP contribution in [-0.2, 0) is 17.7 Å². The van der Waals surface area contributed by atoms with Crippen molar-refractivity contribution in [2.24, 2.45) is 11.7 Å². The first-order valence-corrected chi connectivity index (χ1v) is 5.83. The Hall–Kier alpha value is -0.940. The molecule has 0 aliphatic carbocycles. The second-order valence-corrected chi connectivity index (χ2v) is 4.38. The van der Waals surface area contributed by atoms with Gasteiger partial charge in [0.25, 0.3) is 0 Å². The number of hydrogen-bond donors (Lipinski definition) is 1. The van der Waals surface area contributed by atoms with Gasteiger partial charge in [0, 0.05) is 25.6 Å². The molecule has 92 valence electrons. The summed E-state index contributed by atoms with van der Waals surface area (Å²) in [7, 11) is 0. The van der Waals surface area contributed by atoms with Gasteiger partial charge in [0.05, 0.1) is 6.61 Å². The molecule has 0 saturated carbocycles. The van der Waals surface area contributed by atoms with Crippen molar-refractivity contribution in [3.8, 4) is 0 Å². The summed E-state index contributed by atoms with van der Waals surface area (Å²) in [4.78, 5) is 4.23. The summed E-state index contributed by atoms with van der Waals surface area (Å²) in [5.41, 5.74) is 5.94. The van der Waals surface area contributed by atoms with Crippen LogP contribution in [0.15, 0.2) is 6.33 Å². The molecule has 5 nitrogen and oxygen atoms in total. The maximum absolute atomic E-state index is 5.94. The van der Waals surface area contributed by atoms with Crippen molar-refractivity contribution in [1.29, 1.82) is 0 Å². The zero-order chi connectivity index (χ0) is 12.0. The van der Waals surface area contributed by atoms with Crippen molar-refractivity contribution < 1.29 is 4.74 Å². The van der Waals surface area contributed by atoms with E-state index in [0.29, 0.717) is 25.6 Å². The Morgan fingerprint density at radius 1 is 1.50 bits per heavy atom. The van der Waals surface area contributed by atoms with Gasteiger partial charge in [-0.15, -0.1) is 0 Å². The molecule has 16 heavy (non-hydrogen) atoms. The smallest absolute Gasteiger partial charge is 0.138 e. The molecule has 1 heterocycles. The van der Waals surface area contributed by atoms with E-state index in [9.17, 15) is 0 Å². The van der Waals surface area contributed by atoms with Crippen LogP contribution >= 0.6 is 0 Å². The molecule has 0 spiro atoms. The molecule has 0 amide bonds. The van der Waals surface area contributed by atoms with E-state index in [1.54, 1.807) is 6.33 Å². The van der Waals surface area contributed by atoms with E-state index in [1.165, 1.54) is 0 Å². The third kappa shape index (κ3) is 4.28. The van der Waals surface area contributed by atoms with Gasteiger partial charge in [-0.3, -0.25) is 0 Å². The van der Waals surface area contributed by atoms with Crippen LogP contribution in [0.5, 0.6) is 0 Å². The fraction of sp³-hybridized carbons (Fsp3) is 0.818. The van der Waals surface area contributed by atoms with Crippen LogP contribution in [-0.4, -0.2) is 34.0 Å². The van der Waals surface area contributed by atoms with E-state index in [-0.39, 0.29) is 6.04 Å². The predicted molar refractivity (Wildman–Crippen MR) is 63.0 cm³/mol. The van der Waals surface area contributed by atoms with Gasteiger partial charge in [-0.2, -0.15) is 5.10 Å². The summed E-state index contributed by atoms with van der Waals surface area (Å²) in [5, 5.41) is 4.20. The molecule has 0 aromatic carbocycles. The maximum Gasteiger partial charge on any atom is 0.138 e. The third-order valence-corrected chi connectivity index (χ3v) is 2.21. The number of nitrogens with zero attached hydrogens (tertiary/aromatic N) is 3. The molecule has 1 aromatic heterocycles. The second kappa shape index (κ2) is 6.60. The van der Waals surface area contributed by atoms with Crippen LogP contribution in [0.3, 0.4) is 0 Å². The van der Waals surface area contributed by atoms with Gasteiger partial charge in [0.15, 0.2) is 0 Å². The molecule has 0 fully saturated rings. The lowest BCUT2D eigenvalue weighted by atomic mass is 10.2. The van der Waals surface area contributed by atoms with E-state index in [4.69, 9.17) is 10.5 Å². The normalized spacial score (nSPS) is 13.3. The number of nitrogens with two attached hydrogens (primary N) is 1. The lowest BCUT2D eigenvalue weighted by molar-refractivity contribution is 0.132. The Balaban J connectivity index is 2.49. The van der Waals surface area contributed by atoms with Crippen molar-refractivity contribution in [1.82, 2.24) is 14.8 Å². The molecule has 1 atom stereocenters. The summed E-state index contributed by atoms with van der Waals surface area (Å²) in [6.07, 6.45) is 2.30. The van der Waals surface area contributed by atoms with Crippen molar-refractivity contribution in [3.05, 3.63) is 12.2 Å². The van der Waals surface area contributed by atoms with Crippen LogP contribution in [0.4, 0.5) is 0 Å². The minimum Gasteiger partial charge on any atom is -0.380 e. The monoisotopic (exact) mass is 226 g/mol. The summed E-state index contributed by atoms with van der Waals surface area (Å²) < 4.78 is 7.21. The van der Waals surface area contributed by atoms with E-state index in [1.807, 2.05) is 11.6 Å². The largest absolute Gasteiger partial charge is 0.380 e. The molecule has 1 rings (SSSR count). The zero-order valence-corrected chi connectivity index (χ0v) is 10.4. The van der Waals surface area contributed by atoms with Crippen LogP contribution in [0.1, 0.15) is 26.6 Å². The van der Waals surface area contributed by atoms with Gasteiger partial charge in [0.1, 0.15) is 12.2 Å². The van der Waals surface area contributed by atoms with Crippen molar-refractivity contribution in [3.63, 3.8) is 0 Å². The number of rotatable bonds is 7. The van der Waals surface area contributed by atoms with E-state index >= 15 is 0 Å². The molecule has 1 unspecified atom stereocenters. The van der Waals surface area contributed by atoms with Crippen LogP contribution < -0.4 is 5.73 Å². The SMILES string of the molecule is CCOCC(N)Cc1ncnn1CC(C)C. The summed E-state index contributed by atoms with van der Waals surface area (Å²) in [6.45, 7) is 8.44. The minimum absolute atomic E-state index is 0.00457. The molecule has 0 bridgehead atoms. The first-order chi connectivity index (χ1) is 7.63. The standard InChI is InChI=1S/C11H22N4O/c1-4-16-7-10(12)5-11-13-8-14-15(11)6-9(2)3/h8-10H,4-7,12H2,1-3H3. The Kier molecular flexibility index (Phi) is 5.42. The lowest BCUT2D eigenvalue weighted by Crippen LogP contribution is -2.30. The molecule has 5 heteroatoms. The maximum atomic E-state index is 5.94. The number of hydrogen-bond acceptors (Lipinski definition) is 4. The number of aromatic nitrogens is 3. The third-order valence-electron chi connectivity index (χ3n) is 2.21. The highest BCUT2D eigenvalue weighted by atomic mass is 16.5. The van der Waals surface area contributed by atoms with Crippen LogP contribution in [0.2, 0.25) is 0 Å². The van der Waals surface area contributed by atoms with Gasteiger partial charge in [0.2, 0.25) is 0 Å². The molecule has 0 radical (unpaired) electrons. The molecular formula is C11H22N4O. The Labute approximate surface area is 97.0 Å².